The second kappa shape index (κ2) is 5.46. The zero-order chi connectivity index (χ0) is 14.9. The van der Waals surface area contributed by atoms with Crippen molar-refractivity contribution in [1.29, 1.82) is 0 Å². The van der Waals surface area contributed by atoms with Gasteiger partial charge in [-0.15, -0.1) is 0 Å². The molecule has 22 heavy (non-hydrogen) atoms. The number of hydrogen-bond donors (Lipinski definition) is 0. The first-order chi connectivity index (χ1) is 10.9. The molecule has 0 amide bonds. The molecule has 3 aromatic carbocycles. The van der Waals surface area contributed by atoms with Crippen molar-refractivity contribution in [1.82, 2.24) is 0 Å². The lowest BCUT2D eigenvalue weighted by molar-refractivity contribution is 0.573. The summed E-state index contributed by atoms with van der Waals surface area (Å²) in [6.07, 6.45) is 0. The van der Waals surface area contributed by atoms with Crippen LogP contribution in [-0.4, -0.2) is 0 Å². The number of fused-ring (bicyclic) bond motifs is 1. The van der Waals surface area contributed by atoms with Crippen LogP contribution in [0.5, 0.6) is 0 Å². The molecule has 0 N–H and O–H groups in total. The largest absolute Gasteiger partial charge is 0.0622 e. The maximum Gasteiger partial charge on any atom is 0.0167 e. The Morgan fingerprint density at radius 1 is 0.727 bits per heavy atom. The van der Waals surface area contributed by atoms with Crippen molar-refractivity contribution in [2.45, 2.75) is 24.7 Å². The molecule has 0 aromatic heterocycles. The third-order valence-corrected chi connectivity index (χ3v) is 5.00. The summed E-state index contributed by atoms with van der Waals surface area (Å²) in [7, 11) is 0. The highest BCUT2D eigenvalue weighted by molar-refractivity contribution is 5.50. The van der Waals surface area contributed by atoms with E-state index in [1.54, 1.807) is 0 Å². The summed E-state index contributed by atoms with van der Waals surface area (Å²) in [6, 6.07) is 31.6. The highest BCUT2D eigenvalue weighted by atomic mass is 14.4. The van der Waals surface area contributed by atoms with E-state index in [-0.39, 0.29) is 0 Å². The van der Waals surface area contributed by atoms with Gasteiger partial charge in [-0.05, 0) is 34.2 Å². The van der Waals surface area contributed by atoms with Crippen molar-refractivity contribution in [3.8, 4) is 0 Å². The van der Waals surface area contributed by atoms with Crippen LogP contribution in [0.1, 0.15) is 46.9 Å². The molecule has 0 aliphatic heterocycles. The van der Waals surface area contributed by atoms with Gasteiger partial charge in [-0.1, -0.05) is 85.8 Å². The molecular weight excluding hydrogens is 264 g/mol. The smallest absolute Gasteiger partial charge is 0.0167 e. The molecular formula is C22H19. The standard InChI is InChI=1S/C22H19/c1-16-19-14-8-9-15-20(19)22(18-12-6-3-7-13-18)21(16)17-10-4-2-5-11-17/h2-8,10-16,21-22H,1H3. The molecule has 1 aliphatic carbocycles. The summed E-state index contributed by atoms with van der Waals surface area (Å²) in [4.78, 5) is 0. The first kappa shape index (κ1) is 13.3. The third kappa shape index (κ3) is 2.07. The average molecular weight is 283 g/mol. The molecule has 3 atom stereocenters. The Labute approximate surface area is 132 Å². The molecule has 0 saturated heterocycles. The lowest BCUT2D eigenvalue weighted by atomic mass is 9.78. The minimum Gasteiger partial charge on any atom is -0.0622 e. The van der Waals surface area contributed by atoms with E-state index < -0.39 is 0 Å². The molecule has 1 aliphatic rings. The van der Waals surface area contributed by atoms with Crippen LogP contribution in [0, 0.1) is 6.07 Å². The van der Waals surface area contributed by atoms with Crippen molar-refractivity contribution in [3.05, 3.63) is 107 Å². The fourth-order valence-corrected chi connectivity index (χ4v) is 4.02. The molecule has 0 heteroatoms. The van der Waals surface area contributed by atoms with Crippen molar-refractivity contribution in [2.24, 2.45) is 0 Å². The molecule has 3 unspecified atom stereocenters. The molecule has 3 aromatic rings. The molecule has 0 nitrogen and oxygen atoms in total. The molecule has 4 rings (SSSR count). The minimum atomic E-state index is 0.422. The normalized spacial score (nSPS) is 23.2. The van der Waals surface area contributed by atoms with Crippen LogP contribution < -0.4 is 0 Å². The Balaban J connectivity index is 1.90. The van der Waals surface area contributed by atoms with Gasteiger partial charge in [0.25, 0.3) is 0 Å². The monoisotopic (exact) mass is 283 g/mol. The zero-order valence-electron chi connectivity index (χ0n) is 12.7. The van der Waals surface area contributed by atoms with Gasteiger partial charge in [0, 0.05) is 11.8 Å². The maximum atomic E-state index is 3.29. The van der Waals surface area contributed by atoms with Crippen LogP contribution in [0.25, 0.3) is 0 Å². The number of hydrogen-bond acceptors (Lipinski definition) is 0. The van der Waals surface area contributed by atoms with Crippen LogP contribution in [-0.2, 0) is 0 Å². The third-order valence-electron chi connectivity index (χ3n) is 5.00. The van der Waals surface area contributed by atoms with Crippen LogP contribution in [0.15, 0.2) is 78.9 Å². The second-order valence-corrected chi connectivity index (χ2v) is 6.17. The Morgan fingerprint density at radius 3 is 2.05 bits per heavy atom. The Morgan fingerprint density at radius 2 is 1.36 bits per heavy atom. The van der Waals surface area contributed by atoms with Crippen LogP contribution in [0.2, 0.25) is 0 Å². The van der Waals surface area contributed by atoms with E-state index in [0.717, 1.165) is 0 Å². The molecule has 0 saturated carbocycles. The van der Waals surface area contributed by atoms with Gasteiger partial charge in [0.15, 0.2) is 0 Å². The van der Waals surface area contributed by atoms with Crippen LogP contribution in [0.3, 0.4) is 0 Å². The van der Waals surface area contributed by atoms with E-state index >= 15 is 0 Å². The van der Waals surface area contributed by atoms with Crippen LogP contribution in [0.4, 0.5) is 0 Å². The topological polar surface area (TPSA) is 0 Å². The van der Waals surface area contributed by atoms with Gasteiger partial charge in [0.2, 0.25) is 0 Å². The zero-order valence-corrected chi connectivity index (χ0v) is 12.7. The highest BCUT2D eigenvalue weighted by Crippen LogP contribution is 2.54. The van der Waals surface area contributed by atoms with Crippen molar-refractivity contribution in [2.75, 3.05) is 0 Å². The molecule has 0 heterocycles. The molecule has 1 radical (unpaired) electrons. The van der Waals surface area contributed by atoms with Gasteiger partial charge >= 0.3 is 0 Å². The van der Waals surface area contributed by atoms with Crippen molar-refractivity contribution in [3.63, 3.8) is 0 Å². The summed E-state index contributed by atoms with van der Waals surface area (Å²) in [5.74, 6) is 1.44. The maximum absolute atomic E-state index is 3.29. The quantitative estimate of drug-likeness (QED) is 0.581. The molecule has 0 spiro atoms. The van der Waals surface area contributed by atoms with Crippen LogP contribution >= 0.6 is 0 Å². The van der Waals surface area contributed by atoms with E-state index in [9.17, 15) is 0 Å². The summed E-state index contributed by atoms with van der Waals surface area (Å²) in [5.41, 5.74) is 5.75. The van der Waals surface area contributed by atoms with E-state index in [0.29, 0.717) is 17.8 Å². The first-order valence-corrected chi connectivity index (χ1v) is 7.96. The summed E-state index contributed by atoms with van der Waals surface area (Å²) >= 11 is 0. The fraction of sp³-hybridized carbons (Fsp3) is 0.182. The fourth-order valence-electron chi connectivity index (χ4n) is 4.02. The minimum absolute atomic E-state index is 0.422. The summed E-state index contributed by atoms with van der Waals surface area (Å²) < 4.78 is 0. The molecule has 0 fully saturated rings. The van der Waals surface area contributed by atoms with E-state index in [1.165, 1.54) is 22.3 Å². The predicted molar refractivity (Wildman–Crippen MR) is 91.2 cm³/mol. The van der Waals surface area contributed by atoms with Gasteiger partial charge in [-0.3, -0.25) is 0 Å². The second-order valence-electron chi connectivity index (χ2n) is 6.17. The highest BCUT2D eigenvalue weighted by Gasteiger charge is 2.39. The van der Waals surface area contributed by atoms with E-state index in [4.69, 9.17) is 0 Å². The average Bonchev–Trinajstić information content (AvgIpc) is 2.90. The SMILES string of the molecule is CC1c2cc[c]cc2C(c2ccccc2)C1c1ccccc1. The lowest BCUT2D eigenvalue weighted by Crippen LogP contribution is -2.10. The number of benzene rings is 3. The lowest BCUT2D eigenvalue weighted by Gasteiger charge is -2.24. The first-order valence-electron chi connectivity index (χ1n) is 7.96. The van der Waals surface area contributed by atoms with Gasteiger partial charge in [-0.25, -0.2) is 0 Å². The van der Waals surface area contributed by atoms with Crippen molar-refractivity contribution < 1.29 is 0 Å². The molecule has 0 bridgehead atoms. The van der Waals surface area contributed by atoms with E-state index in [2.05, 4.69) is 85.8 Å². The van der Waals surface area contributed by atoms with Crippen molar-refractivity contribution >= 4 is 0 Å². The molecule has 107 valence electrons. The van der Waals surface area contributed by atoms with Gasteiger partial charge in [0.05, 0.1) is 0 Å². The number of rotatable bonds is 2. The summed E-state index contributed by atoms with van der Waals surface area (Å²) in [5, 5.41) is 0. The van der Waals surface area contributed by atoms with E-state index in [1.807, 2.05) is 6.07 Å². The van der Waals surface area contributed by atoms with Gasteiger partial charge < -0.3 is 0 Å². The Kier molecular flexibility index (Phi) is 3.31. The Bertz CT molecular complexity index is 758. The summed E-state index contributed by atoms with van der Waals surface area (Å²) in [6.45, 7) is 2.36. The van der Waals surface area contributed by atoms with Gasteiger partial charge in [0.1, 0.15) is 0 Å². The van der Waals surface area contributed by atoms with Gasteiger partial charge in [-0.2, -0.15) is 0 Å². The predicted octanol–water partition coefficient (Wildman–Crippen LogP) is 5.52. The Hall–Kier alpha value is -2.34.